The van der Waals surface area contributed by atoms with E-state index < -0.39 is 48.9 Å². The number of carbonyl (C=O) groups is 3. The van der Waals surface area contributed by atoms with Crippen LogP contribution < -0.4 is 10.1 Å². The monoisotopic (exact) mass is 705 g/mol. The molecule has 0 spiro atoms. The van der Waals surface area contributed by atoms with Crippen molar-refractivity contribution in [3.8, 4) is 0 Å². The lowest BCUT2D eigenvalue weighted by atomic mass is 9.87. The lowest BCUT2D eigenvalue weighted by molar-refractivity contribution is -0.388. The summed E-state index contributed by atoms with van der Waals surface area (Å²) < 4.78 is 34.8. The van der Waals surface area contributed by atoms with E-state index in [2.05, 4.69) is 10.1 Å². The summed E-state index contributed by atoms with van der Waals surface area (Å²) in [4.78, 5) is 51.8. The molecule has 0 unspecified atom stereocenters. The molecule has 1 saturated carbocycles. The minimum atomic E-state index is -4.53. The zero-order chi connectivity index (χ0) is 35.2. The summed E-state index contributed by atoms with van der Waals surface area (Å²) in [5.41, 5.74) is 2.09. The number of nitrogens with zero attached hydrogens (tertiary/aromatic N) is 3. The molecule has 1 aliphatic heterocycles. The van der Waals surface area contributed by atoms with E-state index in [0.29, 0.717) is 30.1 Å². The van der Waals surface area contributed by atoms with Gasteiger partial charge in [0.05, 0.1) is 10.3 Å². The first kappa shape index (κ1) is 37.2. The van der Waals surface area contributed by atoms with Gasteiger partial charge in [0.2, 0.25) is 15.9 Å². The number of rotatable bonds is 13. The Labute approximate surface area is 286 Å². The Morgan fingerprint density at radius 1 is 1.08 bits per heavy atom. The summed E-state index contributed by atoms with van der Waals surface area (Å²) in [5, 5.41) is 13.9. The lowest BCUT2D eigenvalue weighted by Crippen LogP contribution is -2.56. The molecule has 2 aliphatic rings. The number of amides is 2. The number of ether oxygens (including phenoxy) is 1. The molecule has 2 atom stereocenters. The Morgan fingerprint density at radius 3 is 2.38 bits per heavy atom. The predicted molar refractivity (Wildman–Crippen MR) is 179 cm³/mol. The van der Waals surface area contributed by atoms with Crippen molar-refractivity contribution in [1.82, 2.24) is 20.1 Å². The Balaban J connectivity index is 1.56. The highest BCUT2D eigenvalue weighted by Gasteiger charge is 2.43. The van der Waals surface area contributed by atoms with E-state index in [9.17, 15) is 32.9 Å². The zero-order valence-corrected chi connectivity index (χ0v) is 29.3. The first-order valence-electron chi connectivity index (χ1n) is 16.1. The van der Waals surface area contributed by atoms with Crippen LogP contribution in [-0.4, -0.2) is 78.9 Å². The molecule has 2 N–H and O–H groups in total. The highest BCUT2D eigenvalue weighted by atomic mass is 35.5. The van der Waals surface area contributed by atoms with E-state index in [1.54, 1.807) is 43.1 Å². The minimum Gasteiger partial charge on any atom is -0.465 e. The minimum absolute atomic E-state index is 0.0121. The molecule has 0 bridgehead atoms. The number of aryl methyl sites for hydroxylation is 1. The van der Waals surface area contributed by atoms with Crippen LogP contribution in [-0.2, 0) is 35.6 Å². The summed E-state index contributed by atoms with van der Waals surface area (Å²) in [6.07, 6.45) is 5.31. The van der Waals surface area contributed by atoms with E-state index in [1.807, 2.05) is 4.90 Å². The van der Waals surface area contributed by atoms with Gasteiger partial charge in [-0.05, 0) is 70.2 Å². The van der Waals surface area contributed by atoms with Crippen molar-refractivity contribution >= 4 is 45.1 Å². The largest absolute Gasteiger partial charge is 0.465 e. The van der Waals surface area contributed by atoms with Crippen LogP contribution in [0.1, 0.15) is 70.4 Å². The molecule has 15 heteroatoms. The topological polar surface area (TPSA) is 168 Å². The van der Waals surface area contributed by atoms with Gasteiger partial charge in [-0.3, -0.25) is 29.9 Å². The Morgan fingerprint density at radius 2 is 1.75 bits per heavy atom. The van der Waals surface area contributed by atoms with Gasteiger partial charge >= 0.3 is 5.97 Å². The first-order valence-corrected chi connectivity index (χ1v) is 18.0. The first-order chi connectivity index (χ1) is 22.6. The fourth-order valence-corrected chi connectivity index (χ4v) is 7.93. The second kappa shape index (κ2) is 15.7. The molecule has 1 heterocycles. The van der Waals surface area contributed by atoms with Crippen LogP contribution in [0.5, 0.6) is 0 Å². The van der Waals surface area contributed by atoms with Crippen molar-refractivity contribution in [2.45, 2.75) is 95.7 Å². The molecule has 2 aromatic carbocycles. The number of hydrogen-bond donors (Lipinski definition) is 2. The Kier molecular flexibility index (Phi) is 12.2. The summed E-state index contributed by atoms with van der Waals surface area (Å²) in [6, 6.07) is 9.00. The van der Waals surface area contributed by atoms with Crippen LogP contribution >= 0.6 is 11.6 Å². The smallest absolute Gasteiger partial charge is 0.302 e. The molecule has 2 fully saturated rings. The highest BCUT2D eigenvalue weighted by molar-refractivity contribution is 7.89. The number of para-hydroxylation sites is 1. The average Bonchev–Trinajstić information content (AvgIpc) is 3.48. The van der Waals surface area contributed by atoms with Crippen molar-refractivity contribution in [2.75, 3.05) is 19.7 Å². The molecule has 13 nitrogen and oxygen atoms in total. The van der Waals surface area contributed by atoms with Crippen LogP contribution in [0.4, 0.5) is 5.69 Å². The van der Waals surface area contributed by atoms with Gasteiger partial charge in [0.1, 0.15) is 12.6 Å². The molecule has 1 saturated heterocycles. The molecule has 2 amide bonds. The lowest BCUT2D eigenvalue weighted by Gasteiger charge is -2.42. The number of esters is 1. The molecule has 1 aliphatic carbocycles. The van der Waals surface area contributed by atoms with Gasteiger partial charge in [-0.25, -0.2) is 13.4 Å². The average molecular weight is 706 g/mol. The van der Waals surface area contributed by atoms with Gasteiger partial charge in [0.25, 0.3) is 11.6 Å². The van der Waals surface area contributed by atoms with Crippen LogP contribution in [0.15, 0.2) is 47.4 Å². The van der Waals surface area contributed by atoms with Crippen molar-refractivity contribution in [1.29, 1.82) is 0 Å². The molecule has 0 radical (unpaired) electrons. The quantitative estimate of drug-likeness (QED) is 0.175. The van der Waals surface area contributed by atoms with Crippen LogP contribution in [0.2, 0.25) is 5.02 Å². The van der Waals surface area contributed by atoms with Crippen molar-refractivity contribution in [3.05, 3.63) is 68.7 Å². The Hall–Kier alpha value is -3.59. The number of benzene rings is 2. The number of sulfonamides is 1. The molecule has 2 aromatic rings. The van der Waals surface area contributed by atoms with E-state index in [1.165, 1.54) is 26.0 Å². The van der Waals surface area contributed by atoms with Gasteiger partial charge in [-0.15, -0.1) is 0 Å². The maximum Gasteiger partial charge on any atom is 0.302 e. The van der Waals surface area contributed by atoms with E-state index in [4.69, 9.17) is 16.3 Å². The maximum absolute atomic E-state index is 14.0. The third-order valence-corrected chi connectivity index (χ3v) is 10.6. The van der Waals surface area contributed by atoms with E-state index in [0.717, 1.165) is 38.2 Å². The van der Waals surface area contributed by atoms with Gasteiger partial charge in [0, 0.05) is 42.7 Å². The van der Waals surface area contributed by atoms with Crippen molar-refractivity contribution in [3.63, 3.8) is 0 Å². The van der Waals surface area contributed by atoms with Crippen molar-refractivity contribution < 1.29 is 32.5 Å². The van der Waals surface area contributed by atoms with Gasteiger partial charge in [-0.1, -0.05) is 55.1 Å². The summed E-state index contributed by atoms with van der Waals surface area (Å²) in [5.74, 6) is -1.24. The fourth-order valence-electron chi connectivity index (χ4n) is 6.36. The zero-order valence-electron chi connectivity index (χ0n) is 27.7. The third kappa shape index (κ3) is 9.30. The number of carbonyl (C=O) groups excluding carboxylic acids is 3. The predicted octanol–water partition coefficient (Wildman–Crippen LogP) is 4.30. The normalized spacial score (nSPS) is 18.2. The molecule has 48 heavy (non-hydrogen) atoms. The van der Waals surface area contributed by atoms with Gasteiger partial charge < -0.3 is 9.64 Å². The second-order valence-corrected chi connectivity index (χ2v) is 15.3. The number of nitro benzene ring substituents is 1. The summed E-state index contributed by atoms with van der Waals surface area (Å²) in [7, 11) is -4.53. The highest BCUT2D eigenvalue weighted by Crippen LogP contribution is 2.32. The molecular formula is C33H44ClN5O8S. The summed E-state index contributed by atoms with van der Waals surface area (Å²) in [6.45, 7) is 6.92. The van der Waals surface area contributed by atoms with E-state index in [-0.39, 0.29) is 36.6 Å². The maximum atomic E-state index is 14.0. The van der Waals surface area contributed by atoms with Gasteiger partial charge in [0.15, 0.2) is 4.90 Å². The molecule has 0 aromatic heterocycles. The second-order valence-electron chi connectivity index (χ2n) is 13.2. The number of nitro groups is 1. The van der Waals surface area contributed by atoms with Crippen molar-refractivity contribution in [2.24, 2.45) is 5.41 Å². The molecule has 262 valence electrons. The standard InChI is InChI=1S/C33H44ClN5O8S/c1-22-9-8-12-29(30(22)39(43)44)48(45,46)36-28(19-24-13-15-25(34)16-14-24)31(41)35-37-18-17-27(20-37)38(26-10-6-5-7-11-26)32(42)33(3,4)21-47-23(2)40/h8-9,12-16,26-28,36H,5-7,10-11,17-21H2,1-4H3,(H,35,41)/t27-,28+/m0/s1. The molecular weight excluding hydrogens is 662 g/mol. The SMILES string of the molecule is CC(=O)OCC(C)(C)C(=O)N(C1CCCCC1)[C@H]1CCN(NC(=O)[C@@H](Cc2ccc(Cl)cc2)NS(=O)(=O)c2cccc(C)c2[N+](=O)[O-])C1. The number of halogens is 1. The van der Waals surface area contributed by atoms with Gasteiger partial charge in [-0.2, -0.15) is 4.72 Å². The van der Waals surface area contributed by atoms with Crippen LogP contribution in [0.3, 0.4) is 0 Å². The summed E-state index contributed by atoms with van der Waals surface area (Å²) >= 11 is 6.04. The number of hydrogen-bond acceptors (Lipinski definition) is 9. The number of hydrazine groups is 1. The molecule has 4 rings (SSSR count). The fraction of sp³-hybridized carbons (Fsp3) is 0.545. The Bertz CT molecular complexity index is 1610. The number of nitrogens with one attached hydrogen (secondary N) is 2. The van der Waals surface area contributed by atoms with E-state index >= 15 is 0 Å². The van der Waals surface area contributed by atoms with Crippen LogP contribution in [0, 0.1) is 22.5 Å². The van der Waals surface area contributed by atoms with Crippen LogP contribution in [0.25, 0.3) is 0 Å². The third-order valence-electron chi connectivity index (χ3n) is 8.88.